The Morgan fingerprint density at radius 1 is 1.07 bits per heavy atom. The Bertz CT molecular complexity index is 735. The van der Waals surface area contributed by atoms with E-state index in [0.717, 1.165) is 38.5 Å². The molecular formula is C21H26N2O3S. The summed E-state index contributed by atoms with van der Waals surface area (Å²) in [5, 5.41) is 2.11. The first kappa shape index (κ1) is 19.6. The number of Topliss-reactive ketones (excluding diaryl/α,β-unsaturated/α-hetero) is 1. The molecule has 0 radical (unpaired) electrons. The first-order valence-corrected chi connectivity index (χ1v) is 10.3. The Morgan fingerprint density at radius 3 is 2.44 bits per heavy atom. The molecule has 1 aliphatic rings. The fourth-order valence-electron chi connectivity index (χ4n) is 3.14. The van der Waals surface area contributed by atoms with Crippen LogP contribution in [0.15, 0.2) is 41.8 Å². The van der Waals surface area contributed by atoms with E-state index in [2.05, 4.69) is 22.4 Å². The molecule has 0 bridgehead atoms. The Morgan fingerprint density at radius 2 is 1.81 bits per heavy atom. The van der Waals surface area contributed by atoms with Crippen LogP contribution in [0.2, 0.25) is 0 Å². The largest absolute Gasteiger partial charge is 0.494 e. The Kier molecular flexibility index (Phi) is 7.01. The number of piperazine rings is 1. The molecule has 0 atom stereocenters. The molecule has 144 valence electrons. The molecule has 0 N–H and O–H groups in total. The lowest BCUT2D eigenvalue weighted by molar-refractivity contribution is -0.133. The lowest BCUT2D eigenvalue weighted by atomic mass is 10.1. The smallest absolute Gasteiger partial charge is 0.222 e. The number of amides is 1. The van der Waals surface area contributed by atoms with Crippen LogP contribution in [-0.2, 0) is 11.3 Å². The zero-order chi connectivity index (χ0) is 19.1. The van der Waals surface area contributed by atoms with Crippen LogP contribution >= 0.6 is 11.3 Å². The van der Waals surface area contributed by atoms with Crippen LogP contribution in [-0.4, -0.2) is 54.3 Å². The van der Waals surface area contributed by atoms with Crippen molar-refractivity contribution in [3.63, 3.8) is 0 Å². The van der Waals surface area contributed by atoms with Gasteiger partial charge in [0.25, 0.3) is 0 Å². The number of hydrogen-bond acceptors (Lipinski definition) is 5. The number of carbonyl (C=O) groups is 2. The molecule has 2 aromatic rings. The van der Waals surface area contributed by atoms with E-state index in [-0.39, 0.29) is 11.7 Å². The standard InChI is InChI=1S/C21H26N2O3S/c1-17(24)18-6-8-19(9-7-18)26-14-2-5-21(25)23-12-10-22(11-13-23)16-20-4-3-15-27-20/h3-4,6-9,15H,2,5,10-14,16H2,1H3. The summed E-state index contributed by atoms with van der Waals surface area (Å²) < 4.78 is 5.67. The molecular weight excluding hydrogens is 360 g/mol. The second-order valence-electron chi connectivity index (χ2n) is 6.77. The average molecular weight is 387 g/mol. The average Bonchev–Trinajstić information content (AvgIpc) is 3.19. The van der Waals surface area contributed by atoms with E-state index in [4.69, 9.17) is 4.74 Å². The predicted molar refractivity (Wildman–Crippen MR) is 107 cm³/mol. The van der Waals surface area contributed by atoms with Gasteiger partial charge in [-0.05, 0) is 49.1 Å². The Labute approximate surface area is 164 Å². The van der Waals surface area contributed by atoms with Crippen LogP contribution in [0.5, 0.6) is 5.75 Å². The topological polar surface area (TPSA) is 49.9 Å². The fraction of sp³-hybridized carbons (Fsp3) is 0.429. The van der Waals surface area contributed by atoms with Crippen molar-refractivity contribution in [2.24, 2.45) is 0 Å². The number of rotatable bonds is 8. The molecule has 5 nitrogen and oxygen atoms in total. The van der Waals surface area contributed by atoms with Gasteiger partial charge in [-0.25, -0.2) is 0 Å². The maximum atomic E-state index is 12.4. The van der Waals surface area contributed by atoms with E-state index < -0.39 is 0 Å². The summed E-state index contributed by atoms with van der Waals surface area (Å²) in [6.45, 7) is 6.50. The number of nitrogens with zero attached hydrogens (tertiary/aromatic N) is 2. The molecule has 1 amide bonds. The highest BCUT2D eigenvalue weighted by molar-refractivity contribution is 7.09. The summed E-state index contributed by atoms with van der Waals surface area (Å²) >= 11 is 1.78. The van der Waals surface area contributed by atoms with Crippen LogP contribution in [0.4, 0.5) is 0 Å². The molecule has 1 aliphatic heterocycles. The number of benzene rings is 1. The van der Waals surface area contributed by atoms with Gasteiger partial charge >= 0.3 is 0 Å². The van der Waals surface area contributed by atoms with Crippen molar-refractivity contribution in [1.82, 2.24) is 9.80 Å². The molecule has 0 saturated carbocycles. The van der Waals surface area contributed by atoms with E-state index in [9.17, 15) is 9.59 Å². The summed E-state index contributed by atoms with van der Waals surface area (Å²) in [4.78, 5) is 29.4. The minimum absolute atomic E-state index is 0.0441. The number of ether oxygens (including phenoxy) is 1. The number of carbonyl (C=O) groups excluding carboxylic acids is 2. The molecule has 0 unspecified atom stereocenters. The summed E-state index contributed by atoms with van der Waals surface area (Å²) in [7, 11) is 0. The van der Waals surface area contributed by atoms with E-state index in [1.807, 2.05) is 4.90 Å². The summed E-state index contributed by atoms with van der Waals surface area (Å²) in [6, 6.07) is 11.4. The number of thiophene rings is 1. The predicted octanol–water partition coefficient (Wildman–Crippen LogP) is 3.45. The lowest BCUT2D eigenvalue weighted by Crippen LogP contribution is -2.48. The summed E-state index contributed by atoms with van der Waals surface area (Å²) in [5.74, 6) is 0.985. The third-order valence-corrected chi connectivity index (χ3v) is 5.61. The fourth-order valence-corrected chi connectivity index (χ4v) is 3.88. The highest BCUT2D eigenvalue weighted by Gasteiger charge is 2.20. The van der Waals surface area contributed by atoms with Gasteiger partial charge < -0.3 is 9.64 Å². The van der Waals surface area contributed by atoms with Crippen molar-refractivity contribution in [2.45, 2.75) is 26.3 Å². The van der Waals surface area contributed by atoms with Gasteiger partial charge in [0.05, 0.1) is 6.61 Å². The van der Waals surface area contributed by atoms with Crippen LogP contribution in [0.25, 0.3) is 0 Å². The van der Waals surface area contributed by atoms with Crippen molar-refractivity contribution in [2.75, 3.05) is 32.8 Å². The van der Waals surface area contributed by atoms with Crippen molar-refractivity contribution in [3.8, 4) is 5.75 Å². The van der Waals surface area contributed by atoms with Crippen LogP contribution in [0.3, 0.4) is 0 Å². The molecule has 0 spiro atoms. The van der Waals surface area contributed by atoms with Crippen LogP contribution in [0.1, 0.15) is 35.0 Å². The quantitative estimate of drug-likeness (QED) is 0.515. The van der Waals surface area contributed by atoms with E-state index >= 15 is 0 Å². The van der Waals surface area contributed by atoms with Crippen molar-refractivity contribution < 1.29 is 14.3 Å². The van der Waals surface area contributed by atoms with Gasteiger partial charge in [0.1, 0.15) is 5.75 Å². The van der Waals surface area contributed by atoms with Crippen molar-refractivity contribution in [3.05, 3.63) is 52.2 Å². The SMILES string of the molecule is CC(=O)c1ccc(OCCCC(=O)N2CCN(Cc3cccs3)CC2)cc1. The minimum atomic E-state index is 0.0441. The Balaban J connectivity index is 1.32. The molecule has 1 aromatic heterocycles. The maximum absolute atomic E-state index is 12.4. The highest BCUT2D eigenvalue weighted by atomic mass is 32.1. The third-order valence-electron chi connectivity index (χ3n) is 4.75. The molecule has 0 aliphatic carbocycles. The molecule has 2 heterocycles. The number of hydrogen-bond donors (Lipinski definition) is 0. The first-order valence-electron chi connectivity index (χ1n) is 9.38. The second kappa shape index (κ2) is 9.67. The molecule has 27 heavy (non-hydrogen) atoms. The first-order chi connectivity index (χ1) is 13.1. The molecule has 1 aromatic carbocycles. The monoisotopic (exact) mass is 386 g/mol. The summed E-state index contributed by atoms with van der Waals surface area (Å²) in [5.41, 5.74) is 0.677. The lowest BCUT2D eigenvalue weighted by Gasteiger charge is -2.34. The number of ketones is 1. The van der Waals surface area contributed by atoms with Gasteiger partial charge in [0, 0.05) is 49.6 Å². The third kappa shape index (κ3) is 5.91. The normalized spacial score (nSPS) is 14.9. The van der Waals surface area contributed by atoms with Gasteiger partial charge in [-0.1, -0.05) is 6.07 Å². The highest BCUT2D eigenvalue weighted by Crippen LogP contribution is 2.15. The zero-order valence-electron chi connectivity index (χ0n) is 15.7. The maximum Gasteiger partial charge on any atom is 0.222 e. The van der Waals surface area contributed by atoms with Crippen molar-refractivity contribution in [1.29, 1.82) is 0 Å². The van der Waals surface area contributed by atoms with Gasteiger partial charge in [-0.15, -0.1) is 11.3 Å². The van der Waals surface area contributed by atoms with E-state index in [1.54, 1.807) is 42.5 Å². The van der Waals surface area contributed by atoms with Crippen molar-refractivity contribution >= 4 is 23.0 Å². The van der Waals surface area contributed by atoms with Crippen LogP contribution in [0, 0.1) is 0 Å². The minimum Gasteiger partial charge on any atom is -0.494 e. The van der Waals surface area contributed by atoms with Gasteiger partial charge in [-0.3, -0.25) is 14.5 Å². The molecule has 1 fully saturated rings. The molecule has 6 heteroatoms. The molecule has 1 saturated heterocycles. The van der Waals surface area contributed by atoms with Gasteiger partial charge in [0.15, 0.2) is 5.78 Å². The van der Waals surface area contributed by atoms with Gasteiger partial charge in [0.2, 0.25) is 5.91 Å². The molecule has 3 rings (SSSR count). The zero-order valence-corrected chi connectivity index (χ0v) is 16.5. The Hall–Kier alpha value is -2.18. The van der Waals surface area contributed by atoms with Crippen LogP contribution < -0.4 is 4.74 Å². The second-order valence-corrected chi connectivity index (χ2v) is 7.80. The van der Waals surface area contributed by atoms with E-state index in [1.165, 1.54) is 4.88 Å². The summed E-state index contributed by atoms with van der Waals surface area (Å²) in [6.07, 6.45) is 1.21. The van der Waals surface area contributed by atoms with Gasteiger partial charge in [-0.2, -0.15) is 0 Å². The van der Waals surface area contributed by atoms with E-state index in [0.29, 0.717) is 25.0 Å².